The van der Waals surface area contributed by atoms with Crippen molar-refractivity contribution in [1.82, 2.24) is 33.8 Å². The molecule has 0 bridgehead atoms. The van der Waals surface area contributed by atoms with Gasteiger partial charge in [0.25, 0.3) is 5.56 Å². The van der Waals surface area contributed by atoms with E-state index < -0.39 is 0 Å². The van der Waals surface area contributed by atoms with Crippen molar-refractivity contribution >= 4 is 17.1 Å². The van der Waals surface area contributed by atoms with Crippen molar-refractivity contribution in [2.45, 2.75) is 32.7 Å². The molecule has 0 aromatic carbocycles. The number of carbonyl (C=O) groups excluding carboxylic acids is 1. The van der Waals surface area contributed by atoms with Gasteiger partial charge in [-0.2, -0.15) is 0 Å². The molecule has 30 heavy (non-hydrogen) atoms. The van der Waals surface area contributed by atoms with E-state index in [1.54, 1.807) is 25.0 Å². The van der Waals surface area contributed by atoms with Crippen LogP contribution in [0.15, 0.2) is 15.9 Å². The smallest absolute Gasteiger partial charge is 0.332 e. The number of piperazine rings is 1. The van der Waals surface area contributed by atoms with Gasteiger partial charge >= 0.3 is 5.69 Å². The third-order valence-corrected chi connectivity index (χ3v) is 5.74. The highest BCUT2D eigenvalue weighted by Crippen LogP contribution is 2.05. The van der Waals surface area contributed by atoms with E-state index in [4.69, 9.17) is 0 Å². The van der Waals surface area contributed by atoms with Crippen molar-refractivity contribution in [1.29, 1.82) is 0 Å². The first-order valence-corrected chi connectivity index (χ1v) is 10.7. The van der Waals surface area contributed by atoms with Gasteiger partial charge in [-0.25, -0.2) is 9.78 Å². The Balaban J connectivity index is 1.48. The van der Waals surface area contributed by atoms with Gasteiger partial charge in [-0.05, 0) is 19.4 Å². The van der Waals surface area contributed by atoms with E-state index in [2.05, 4.69) is 27.0 Å². The van der Waals surface area contributed by atoms with Gasteiger partial charge in [0, 0.05) is 53.4 Å². The van der Waals surface area contributed by atoms with Crippen molar-refractivity contribution in [3.05, 3.63) is 27.2 Å². The molecule has 0 atom stereocenters. The van der Waals surface area contributed by atoms with Gasteiger partial charge in [-0.1, -0.05) is 13.3 Å². The molecule has 2 aromatic heterocycles. The van der Waals surface area contributed by atoms with Gasteiger partial charge in [-0.15, -0.1) is 0 Å². The van der Waals surface area contributed by atoms with Gasteiger partial charge in [0.2, 0.25) is 5.91 Å². The summed E-state index contributed by atoms with van der Waals surface area (Å²) in [4.78, 5) is 45.9. The maximum Gasteiger partial charge on any atom is 0.332 e. The molecule has 10 heteroatoms. The van der Waals surface area contributed by atoms with Crippen LogP contribution in [0.5, 0.6) is 0 Å². The minimum absolute atomic E-state index is 0.0951. The van der Waals surface area contributed by atoms with Crippen LogP contribution in [0.25, 0.3) is 11.2 Å². The lowest BCUT2D eigenvalue weighted by molar-refractivity contribution is -0.122. The van der Waals surface area contributed by atoms with Crippen molar-refractivity contribution in [3.8, 4) is 0 Å². The first-order chi connectivity index (χ1) is 14.4. The van der Waals surface area contributed by atoms with E-state index in [1.807, 2.05) is 0 Å². The van der Waals surface area contributed by atoms with Crippen molar-refractivity contribution in [2.24, 2.45) is 14.1 Å². The minimum atomic E-state index is -0.329. The molecule has 0 aliphatic carbocycles. The predicted molar refractivity (Wildman–Crippen MR) is 116 cm³/mol. The van der Waals surface area contributed by atoms with Crippen molar-refractivity contribution < 1.29 is 4.79 Å². The maximum atomic E-state index is 12.7. The highest BCUT2D eigenvalue weighted by Gasteiger charge is 2.19. The van der Waals surface area contributed by atoms with Gasteiger partial charge in [0.1, 0.15) is 0 Å². The van der Waals surface area contributed by atoms with E-state index in [0.29, 0.717) is 24.3 Å². The van der Waals surface area contributed by atoms with Gasteiger partial charge in [0.15, 0.2) is 11.2 Å². The number of aryl methyl sites for hydroxylation is 2. The molecule has 2 aromatic rings. The Morgan fingerprint density at radius 1 is 1.07 bits per heavy atom. The summed E-state index contributed by atoms with van der Waals surface area (Å²) >= 11 is 0. The number of hydrogen-bond acceptors (Lipinski definition) is 6. The second-order valence-electron chi connectivity index (χ2n) is 8.00. The number of nitrogens with zero attached hydrogens (tertiary/aromatic N) is 6. The quantitative estimate of drug-likeness (QED) is 0.543. The number of carbonyl (C=O) groups is 1. The Labute approximate surface area is 176 Å². The van der Waals surface area contributed by atoms with E-state index in [-0.39, 0.29) is 17.2 Å². The fourth-order valence-corrected chi connectivity index (χ4v) is 3.88. The van der Waals surface area contributed by atoms with Crippen LogP contribution >= 0.6 is 0 Å². The number of imidazole rings is 1. The topological polar surface area (TPSA) is 97.4 Å². The van der Waals surface area contributed by atoms with E-state index in [0.717, 1.165) is 58.5 Å². The van der Waals surface area contributed by atoms with Gasteiger partial charge in [0.05, 0.1) is 12.9 Å². The van der Waals surface area contributed by atoms with Crippen LogP contribution in [0.2, 0.25) is 0 Å². The molecule has 0 unspecified atom stereocenters. The molecule has 0 spiro atoms. The lowest BCUT2D eigenvalue weighted by Crippen LogP contribution is -2.49. The average Bonchev–Trinajstić information content (AvgIpc) is 3.12. The summed E-state index contributed by atoms with van der Waals surface area (Å²) in [6.07, 6.45) is 4.36. The lowest BCUT2D eigenvalue weighted by Gasteiger charge is -2.34. The van der Waals surface area contributed by atoms with Gasteiger partial charge < -0.3 is 14.8 Å². The second kappa shape index (κ2) is 10.0. The van der Waals surface area contributed by atoms with Crippen LogP contribution in [0, 0.1) is 0 Å². The number of fused-ring (bicyclic) bond motifs is 1. The molecule has 166 valence electrons. The standard InChI is InChI=1S/C20H33N7O3/c1-4-5-7-21-16(28)14-26-12-10-25(11-13-26)8-6-9-27-19(29)17-18(22-15-23(17)2)24(3)20(27)30/h15H,4-14H2,1-3H3,(H,21,28). The van der Waals surface area contributed by atoms with Crippen LogP contribution < -0.4 is 16.6 Å². The zero-order valence-electron chi connectivity index (χ0n) is 18.3. The van der Waals surface area contributed by atoms with E-state index in [9.17, 15) is 14.4 Å². The average molecular weight is 420 g/mol. The van der Waals surface area contributed by atoms with E-state index >= 15 is 0 Å². The van der Waals surface area contributed by atoms with Crippen LogP contribution in [0.4, 0.5) is 0 Å². The monoisotopic (exact) mass is 419 g/mol. The molecule has 3 heterocycles. The Morgan fingerprint density at radius 3 is 2.47 bits per heavy atom. The molecule has 3 rings (SSSR count). The zero-order chi connectivity index (χ0) is 21.7. The summed E-state index contributed by atoms with van der Waals surface area (Å²) in [5.41, 5.74) is 0.249. The largest absolute Gasteiger partial charge is 0.355 e. The summed E-state index contributed by atoms with van der Waals surface area (Å²) in [5, 5.41) is 2.96. The Kier molecular flexibility index (Phi) is 7.43. The summed E-state index contributed by atoms with van der Waals surface area (Å²) in [6.45, 7) is 7.98. The normalized spacial score (nSPS) is 15.7. The molecular weight excluding hydrogens is 386 g/mol. The number of hydrogen-bond donors (Lipinski definition) is 1. The molecule has 1 aliphatic heterocycles. The molecular formula is C20H33N7O3. The second-order valence-corrected chi connectivity index (χ2v) is 8.00. The SMILES string of the molecule is CCCCNC(=O)CN1CCN(CCCn2c(=O)c3c(ncn3C)n(C)c2=O)CC1. The number of amides is 1. The summed E-state index contributed by atoms with van der Waals surface area (Å²) in [6, 6.07) is 0. The Morgan fingerprint density at radius 2 is 1.77 bits per heavy atom. The van der Waals surface area contributed by atoms with Crippen molar-refractivity contribution in [2.75, 3.05) is 45.8 Å². The molecule has 10 nitrogen and oxygen atoms in total. The fraction of sp³-hybridized carbons (Fsp3) is 0.700. The van der Waals surface area contributed by atoms with Crippen LogP contribution in [-0.2, 0) is 25.4 Å². The van der Waals surface area contributed by atoms with Crippen LogP contribution in [0.3, 0.4) is 0 Å². The van der Waals surface area contributed by atoms with Crippen LogP contribution in [0.1, 0.15) is 26.2 Å². The molecule has 1 saturated heterocycles. The van der Waals surface area contributed by atoms with Crippen molar-refractivity contribution in [3.63, 3.8) is 0 Å². The minimum Gasteiger partial charge on any atom is -0.355 e. The van der Waals surface area contributed by atoms with E-state index in [1.165, 1.54) is 9.13 Å². The maximum absolute atomic E-state index is 12.7. The Hall–Kier alpha value is -2.46. The number of nitrogens with one attached hydrogen (secondary N) is 1. The molecule has 1 aliphatic rings. The fourth-order valence-electron chi connectivity index (χ4n) is 3.88. The first-order valence-electron chi connectivity index (χ1n) is 10.7. The summed E-state index contributed by atoms with van der Waals surface area (Å²) < 4.78 is 4.40. The zero-order valence-corrected chi connectivity index (χ0v) is 18.3. The molecule has 1 fully saturated rings. The highest BCUT2D eigenvalue weighted by atomic mass is 16.2. The lowest BCUT2D eigenvalue weighted by atomic mass is 10.2. The predicted octanol–water partition coefficient (Wildman–Crippen LogP) is -0.642. The summed E-state index contributed by atoms with van der Waals surface area (Å²) in [5.74, 6) is 0.0951. The number of rotatable bonds is 9. The highest BCUT2D eigenvalue weighted by molar-refractivity contribution is 5.78. The van der Waals surface area contributed by atoms with Gasteiger partial charge in [-0.3, -0.25) is 23.6 Å². The Bertz CT molecular complexity index is 983. The van der Waals surface area contributed by atoms with Crippen LogP contribution in [-0.4, -0.2) is 80.2 Å². The summed E-state index contributed by atoms with van der Waals surface area (Å²) in [7, 11) is 3.40. The molecule has 1 N–H and O–H groups in total. The molecule has 0 saturated carbocycles. The number of aromatic nitrogens is 4. The molecule has 1 amide bonds. The first kappa shape index (κ1) is 22.2. The number of unbranched alkanes of at least 4 members (excludes halogenated alkanes) is 1. The molecule has 0 radical (unpaired) electrons. The third kappa shape index (κ3) is 4.99. The third-order valence-electron chi connectivity index (χ3n) is 5.74.